The van der Waals surface area contributed by atoms with Crippen LogP contribution in [0.2, 0.25) is 10.0 Å². The predicted molar refractivity (Wildman–Crippen MR) is 96.7 cm³/mol. The van der Waals surface area contributed by atoms with Crippen LogP contribution in [0, 0.1) is 0 Å². The molecule has 3 aromatic rings. The Hall–Kier alpha value is -2.02. The number of carbonyl (C=O) groups excluding carboxylic acids is 1. The number of carbonyl (C=O) groups is 1. The molecule has 2 aromatic carbocycles. The minimum Gasteiger partial charge on any atom is -0.350 e. The lowest BCUT2D eigenvalue weighted by Crippen LogP contribution is -2.13. The van der Waals surface area contributed by atoms with Crippen LogP contribution in [0.1, 0.15) is 16.1 Å². The maximum absolute atomic E-state index is 12.8. The number of fused-ring (bicyclic) bond motifs is 1. The molecule has 5 nitrogen and oxygen atoms in total. The van der Waals surface area contributed by atoms with Crippen molar-refractivity contribution < 1.29 is 13.2 Å². The number of hydrogen-bond donors (Lipinski definition) is 2. The van der Waals surface area contributed by atoms with Crippen molar-refractivity contribution in [2.75, 3.05) is 11.0 Å². The number of aromatic amines is 1. The molecule has 0 aliphatic heterocycles. The van der Waals surface area contributed by atoms with Crippen LogP contribution in [0.3, 0.4) is 0 Å². The fraction of sp³-hybridized carbons (Fsp3) is 0.0625. The van der Waals surface area contributed by atoms with Crippen molar-refractivity contribution in [2.45, 2.75) is 0 Å². The summed E-state index contributed by atoms with van der Waals surface area (Å²) in [4.78, 5) is 15.8. The van der Waals surface area contributed by atoms with E-state index in [0.29, 0.717) is 26.5 Å². The summed E-state index contributed by atoms with van der Waals surface area (Å²) in [5, 5.41) is 1.36. The van der Waals surface area contributed by atoms with E-state index in [1.807, 2.05) is 0 Å². The molecule has 0 aliphatic carbocycles. The van der Waals surface area contributed by atoms with Crippen LogP contribution in [-0.2, 0) is 10.0 Å². The van der Waals surface area contributed by atoms with Crippen LogP contribution in [0.5, 0.6) is 0 Å². The highest BCUT2D eigenvalue weighted by atomic mass is 35.5. The number of nitrogens with one attached hydrogen (secondary N) is 2. The van der Waals surface area contributed by atoms with Gasteiger partial charge in [-0.2, -0.15) is 0 Å². The van der Waals surface area contributed by atoms with Crippen LogP contribution in [0.15, 0.2) is 42.5 Å². The standard InChI is InChI=1S/C16H12Cl2N2O3S/c1-24(22,23)20-14-12-8-11(18)5-6-13(12)19-15(14)16(21)9-3-2-4-10(17)7-9/h2-8,19-20H,1H3. The average molecular weight is 383 g/mol. The van der Waals surface area contributed by atoms with Gasteiger partial charge in [0.05, 0.1) is 11.9 Å². The molecule has 0 unspecified atom stereocenters. The molecule has 0 atom stereocenters. The molecule has 0 saturated heterocycles. The molecule has 1 aromatic heterocycles. The van der Waals surface area contributed by atoms with E-state index >= 15 is 0 Å². The van der Waals surface area contributed by atoms with Crippen molar-refractivity contribution in [1.29, 1.82) is 0 Å². The minimum atomic E-state index is -3.59. The monoisotopic (exact) mass is 382 g/mol. The van der Waals surface area contributed by atoms with Gasteiger partial charge in [0.15, 0.2) is 0 Å². The molecule has 0 fully saturated rings. The summed E-state index contributed by atoms with van der Waals surface area (Å²) in [6.45, 7) is 0. The molecule has 124 valence electrons. The molecular weight excluding hydrogens is 371 g/mol. The first-order chi connectivity index (χ1) is 11.2. The van der Waals surface area contributed by atoms with E-state index in [1.165, 1.54) is 6.07 Å². The molecule has 0 saturated carbocycles. The van der Waals surface area contributed by atoms with Gasteiger partial charge in [-0.1, -0.05) is 35.3 Å². The highest BCUT2D eigenvalue weighted by Crippen LogP contribution is 2.32. The molecule has 1 heterocycles. The average Bonchev–Trinajstić information content (AvgIpc) is 2.83. The van der Waals surface area contributed by atoms with Gasteiger partial charge < -0.3 is 4.98 Å². The number of sulfonamides is 1. The minimum absolute atomic E-state index is 0.125. The first-order valence-corrected chi connectivity index (χ1v) is 9.48. The summed E-state index contributed by atoms with van der Waals surface area (Å²) >= 11 is 11.9. The number of aromatic nitrogens is 1. The summed E-state index contributed by atoms with van der Waals surface area (Å²) in [6, 6.07) is 11.4. The Morgan fingerprint density at radius 2 is 1.79 bits per heavy atom. The van der Waals surface area contributed by atoms with Crippen molar-refractivity contribution in [1.82, 2.24) is 4.98 Å². The maximum Gasteiger partial charge on any atom is 0.229 e. The predicted octanol–water partition coefficient (Wildman–Crippen LogP) is 4.08. The molecule has 24 heavy (non-hydrogen) atoms. The third-order valence-electron chi connectivity index (χ3n) is 3.36. The molecule has 0 bridgehead atoms. The summed E-state index contributed by atoms with van der Waals surface area (Å²) in [5.41, 5.74) is 1.23. The van der Waals surface area contributed by atoms with Gasteiger partial charge in [-0.15, -0.1) is 0 Å². The van der Waals surface area contributed by atoms with Crippen LogP contribution in [0.25, 0.3) is 10.9 Å². The zero-order chi connectivity index (χ0) is 17.5. The van der Waals surface area contributed by atoms with Crippen LogP contribution in [0.4, 0.5) is 5.69 Å². The third-order valence-corrected chi connectivity index (χ3v) is 4.41. The quantitative estimate of drug-likeness (QED) is 0.667. The molecule has 0 aliphatic rings. The maximum atomic E-state index is 12.8. The lowest BCUT2D eigenvalue weighted by atomic mass is 10.1. The lowest BCUT2D eigenvalue weighted by Gasteiger charge is -2.06. The second-order valence-corrected chi connectivity index (χ2v) is 7.90. The van der Waals surface area contributed by atoms with E-state index in [4.69, 9.17) is 23.2 Å². The SMILES string of the molecule is CS(=O)(=O)Nc1c(C(=O)c2cccc(Cl)c2)[nH]c2ccc(Cl)cc12. The number of halogens is 2. The van der Waals surface area contributed by atoms with Gasteiger partial charge in [-0.25, -0.2) is 8.42 Å². The third kappa shape index (κ3) is 3.40. The normalized spacial score (nSPS) is 11.6. The number of anilines is 1. The first kappa shape index (κ1) is 16.8. The molecule has 0 spiro atoms. The number of rotatable bonds is 4. The van der Waals surface area contributed by atoms with Crippen molar-refractivity contribution in [2.24, 2.45) is 0 Å². The molecule has 3 rings (SSSR count). The Morgan fingerprint density at radius 3 is 2.46 bits per heavy atom. The number of benzene rings is 2. The van der Waals surface area contributed by atoms with Gasteiger partial charge >= 0.3 is 0 Å². The molecule has 0 amide bonds. The lowest BCUT2D eigenvalue weighted by molar-refractivity contribution is 0.103. The highest BCUT2D eigenvalue weighted by molar-refractivity contribution is 7.92. The van der Waals surface area contributed by atoms with E-state index in [1.54, 1.807) is 36.4 Å². The Morgan fingerprint density at radius 1 is 1.08 bits per heavy atom. The van der Waals surface area contributed by atoms with Gasteiger partial charge in [0.2, 0.25) is 15.8 Å². The second-order valence-electron chi connectivity index (χ2n) is 5.28. The number of hydrogen-bond acceptors (Lipinski definition) is 3. The first-order valence-electron chi connectivity index (χ1n) is 6.84. The summed E-state index contributed by atoms with van der Waals surface area (Å²) in [6.07, 6.45) is 1.02. The van der Waals surface area contributed by atoms with Crippen LogP contribution >= 0.6 is 23.2 Å². The summed E-state index contributed by atoms with van der Waals surface area (Å²) < 4.78 is 25.8. The van der Waals surface area contributed by atoms with E-state index < -0.39 is 10.0 Å². The van der Waals surface area contributed by atoms with Gasteiger partial charge in [0.1, 0.15) is 5.69 Å². The van der Waals surface area contributed by atoms with Crippen molar-refractivity contribution >= 4 is 55.6 Å². The van der Waals surface area contributed by atoms with Crippen molar-refractivity contribution in [3.63, 3.8) is 0 Å². The van der Waals surface area contributed by atoms with Crippen molar-refractivity contribution in [3.05, 3.63) is 63.8 Å². The summed E-state index contributed by atoms with van der Waals surface area (Å²) in [5.74, 6) is -0.379. The molecular formula is C16H12Cl2N2O3S. The van der Waals surface area contributed by atoms with E-state index in [-0.39, 0.29) is 17.2 Å². The van der Waals surface area contributed by atoms with E-state index in [9.17, 15) is 13.2 Å². The number of H-pyrrole nitrogens is 1. The highest BCUT2D eigenvalue weighted by Gasteiger charge is 2.21. The Balaban J connectivity index is 2.23. The Labute approximate surface area is 148 Å². The molecule has 0 radical (unpaired) electrons. The molecule has 8 heteroatoms. The smallest absolute Gasteiger partial charge is 0.229 e. The van der Waals surface area contributed by atoms with Gasteiger partial charge in [0, 0.05) is 26.5 Å². The Bertz CT molecular complexity index is 1060. The topological polar surface area (TPSA) is 79.0 Å². The van der Waals surface area contributed by atoms with Gasteiger partial charge in [0.25, 0.3) is 0 Å². The van der Waals surface area contributed by atoms with E-state index in [0.717, 1.165) is 6.26 Å². The van der Waals surface area contributed by atoms with Gasteiger partial charge in [-0.3, -0.25) is 9.52 Å². The second kappa shape index (κ2) is 6.12. The molecule has 2 N–H and O–H groups in total. The van der Waals surface area contributed by atoms with E-state index in [2.05, 4.69) is 9.71 Å². The number of ketones is 1. The zero-order valence-electron chi connectivity index (χ0n) is 12.4. The fourth-order valence-electron chi connectivity index (χ4n) is 2.40. The van der Waals surface area contributed by atoms with Crippen LogP contribution < -0.4 is 4.72 Å². The Kier molecular flexibility index (Phi) is 4.29. The summed E-state index contributed by atoms with van der Waals surface area (Å²) in [7, 11) is -3.59. The fourth-order valence-corrected chi connectivity index (χ4v) is 3.35. The largest absolute Gasteiger partial charge is 0.350 e. The van der Waals surface area contributed by atoms with Gasteiger partial charge in [-0.05, 0) is 30.3 Å². The van der Waals surface area contributed by atoms with Crippen molar-refractivity contribution in [3.8, 4) is 0 Å². The van der Waals surface area contributed by atoms with Crippen LogP contribution in [-0.4, -0.2) is 25.4 Å². The zero-order valence-corrected chi connectivity index (χ0v) is 14.8.